The molecule has 0 aliphatic carbocycles. The molecule has 100 valence electrons. The van der Waals surface area contributed by atoms with Crippen molar-refractivity contribution in [3.63, 3.8) is 0 Å². The maximum Gasteiger partial charge on any atom is 0.251 e. The van der Waals surface area contributed by atoms with Crippen LogP contribution in [0.1, 0.15) is 28.7 Å². The van der Waals surface area contributed by atoms with Crippen LogP contribution in [0.4, 0.5) is 0 Å². The van der Waals surface area contributed by atoms with Crippen LogP contribution in [0.25, 0.3) is 0 Å². The normalized spacial score (nSPS) is 10.6. The quantitative estimate of drug-likeness (QED) is 0.505. The van der Waals surface area contributed by atoms with E-state index in [2.05, 4.69) is 9.97 Å². The van der Waals surface area contributed by atoms with Gasteiger partial charge in [-0.1, -0.05) is 31.2 Å². The fraction of sp³-hybridized carbons (Fsp3) is 0.308. The SMILES string of the molecule is CCCc1cc(=O)[nH]c(SCC(=O)c2cccs2)n1. The number of rotatable bonds is 6. The van der Waals surface area contributed by atoms with Crippen molar-refractivity contribution in [1.29, 1.82) is 0 Å². The van der Waals surface area contributed by atoms with Crippen LogP contribution in [-0.2, 0) is 6.42 Å². The highest BCUT2D eigenvalue weighted by Crippen LogP contribution is 2.17. The number of thioether (sulfide) groups is 1. The fourth-order valence-corrected chi connectivity index (χ4v) is 3.11. The van der Waals surface area contributed by atoms with Gasteiger partial charge in [-0.25, -0.2) is 4.98 Å². The van der Waals surface area contributed by atoms with Crippen LogP contribution >= 0.6 is 23.1 Å². The number of carbonyl (C=O) groups excluding carboxylic acids is 1. The topological polar surface area (TPSA) is 62.8 Å². The van der Waals surface area contributed by atoms with E-state index >= 15 is 0 Å². The molecule has 19 heavy (non-hydrogen) atoms. The summed E-state index contributed by atoms with van der Waals surface area (Å²) in [6, 6.07) is 5.16. The summed E-state index contributed by atoms with van der Waals surface area (Å²) >= 11 is 2.70. The largest absolute Gasteiger partial charge is 0.301 e. The van der Waals surface area contributed by atoms with Crippen molar-refractivity contribution in [2.45, 2.75) is 24.9 Å². The molecule has 0 bridgehead atoms. The molecule has 1 N–H and O–H groups in total. The lowest BCUT2D eigenvalue weighted by Gasteiger charge is -2.02. The first-order valence-corrected chi connectivity index (χ1v) is 7.85. The maximum absolute atomic E-state index is 11.8. The van der Waals surface area contributed by atoms with Gasteiger partial charge in [-0.05, 0) is 17.9 Å². The van der Waals surface area contributed by atoms with Crippen LogP contribution in [0.3, 0.4) is 0 Å². The Bertz CT molecular complexity index is 605. The molecule has 2 aromatic heterocycles. The standard InChI is InChI=1S/C13H14N2O2S2/c1-2-4-9-7-12(17)15-13(14-9)19-8-10(16)11-5-3-6-18-11/h3,5-7H,2,4,8H2,1H3,(H,14,15,17). The molecule has 0 spiro atoms. The van der Waals surface area contributed by atoms with Crippen LogP contribution in [0.5, 0.6) is 0 Å². The van der Waals surface area contributed by atoms with Gasteiger partial charge in [0, 0.05) is 11.8 Å². The molecule has 0 saturated carbocycles. The Morgan fingerprint density at radius 3 is 3.05 bits per heavy atom. The molecule has 0 amide bonds. The molecular weight excluding hydrogens is 280 g/mol. The molecule has 0 aliphatic rings. The fourth-order valence-electron chi connectivity index (χ4n) is 1.58. The highest BCUT2D eigenvalue weighted by molar-refractivity contribution is 7.99. The van der Waals surface area contributed by atoms with Crippen LogP contribution in [0.2, 0.25) is 0 Å². The predicted molar refractivity (Wildman–Crippen MR) is 78.2 cm³/mol. The van der Waals surface area contributed by atoms with E-state index in [9.17, 15) is 9.59 Å². The number of carbonyl (C=O) groups is 1. The number of hydrogen-bond acceptors (Lipinski definition) is 5. The van der Waals surface area contributed by atoms with E-state index in [1.807, 2.05) is 18.4 Å². The number of nitrogens with one attached hydrogen (secondary N) is 1. The Balaban J connectivity index is 2.03. The summed E-state index contributed by atoms with van der Waals surface area (Å²) in [5, 5.41) is 2.39. The lowest BCUT2D eigenvalue weighted by molar-refractivity contribution is 0.102. The summed E-state index contributed by atoms with van der Waals surface area (Å²) in [5.41, 5.74) is 0.613. The second-order valence-electron chi connectivity index (χ2n) is 3.98. The Kier molecular flexibility index (Phi) is 4.93. The first-order valence-electron chi connectivity index (χ1n) is 5.98. The zero-order valence-corrected chi connectivity index (χ0v) is 12.1. The first kappa shape index (κ1) is 14.0. The van der Waals surface area contributed by atoms with E-state index < -0.39 is 0 Å². The lowest BCUT2D eigenvalue weighted by atomic mass is 10.2. The maximum atomic E-state index is 11.8. The van der Waals surface area contributed by atoms with Crippen molar-refractivity contribution in [3.05, 3.63) is 44.5 Å². The number of aromatic amines is 1. The van der Waals surface area contributed by atoms with Crippen molar-refractivity contribution in [2.24, 2.45) is 0 Å². The van der Waals surface area contributed by atoms with Crippen molar-refractivity contribution in [3.8, 4) is 0 Å². The summed E-state index contributed by atoms with van der Waals surface area (Å²) in [6.07, 6.45) is 1.71. The molecule has 0 aliphatic heterocycles. The van der Waals surface area contributed by atoms with E-state index in [-0.39, 0.29) is 11.3 Å². The molecule has 2 aromatic rings. The molecule has 0 unspecified atom stereocenters. The van der Waals surface area contributed by atoms with Crippen LogP contribution in [0, 0.1) is 0 Å². The van der Waals surface area contributed by atoms with Gasteiger partial charge in [-0.3, -0.25) is 9.59 Å². The minimum Gasteiger partial charge on any atom is -0.301 e. The number of Topliss-reactive ketones (excluding diaryl/α,β-unsaturated/α-hetero) is 1. The van der Waals surface area contributed by atoms with Crippen molar-refractivity contribution in [2.75, 3.05) is 5.75 Å². The highest BCUT2D eigenvalue weighted by atomic mass is 32.2. The highest BCUT2D eigenvalue weighted by Gasteiger charge is 2.09. The Hall–Kier alpha value is -1.40. The van der Waals surface area contributed by atoms with Crippen molar-refractivity contribution in [1.82, 2.24) is 9.97 Å². The van der Waals surface area contributed by atoms with Crippen molar-refractivity contribution >= 4 is 28.9 Å². The number of H-pyrrole nitrogens is 1. The number of thiophene rings is 1. The Labute approximate surface area is 119 Å². The van der Waals surface area contributed by atoms with E-state index in [0.717, 1.165) is 23.4 Å². The molecule has 6 heteroatoms. The molecular formula is C13H14N2O2S2. The van der Waals surface area contributed by atoms with Gasteiger partial charge in [-0.15, -0.1) is 11.3 Å². The zero-order chi connectivity index (χ0) is 13.7. The molecule has 2 heterocycles. The number of ketones is 1. The summed E-state index contributed by atoms with van der Waals surface area (Å²) in [6.45, 7) is 2.04. The van der Waals surface area contributed by atoms with E-state index in [1.54, 1.807) is 6.07 Å². The third-order valence-corrected chi connectivity index (χ3v) is 4.20. The van der Waals surface area contributed by atoms with Gasteiger partial charge in [0.05, 0.1) is 10.6 Å². The third-order valence-electron chi connectivity index (χ3n) is 2.42. The van der Waals surface area contributed by atoms with Gasteiger partial charge >= 0.3 is 0 Å². The van der Waals surface area contributed by atoms with E-state index in [0.29, 0.717) is 10.9 Å². The average Bonchev–Trinajstić information content (AvgIpc) is 2.89. The molecule has 0 radical (unpaired) electrons. The van der Waals surface area contributed by atoms with E-state index in [1.165, 1.54) is 29.2 Å². The Morgan fingerprint density at radius 2 is 2.37 bits per heavy atom. The minimum atomic E-state index is -0.162. The van der Waals surface area contributed by atoms with Gasteiger partial charge in [-0.2, -0.15) is 0 Å². The van der Waals surface area contributed by atoms with Crippen LogP contribution in [-0.4, -0.2) is 21.5 Å². The van der Waals surface area contributed by atoms with Crippen LogP contribution in [0.15, 0.2) is 33.5 Å². The van der Waals surface area contributed by atoms with Crippen LogP contribution < -0.4 is 5.56 Å². The smallest absolute Gasteiger partial charge is 0.251 e. The summed E-state index contributed by atoms with van der Waals surface area (Å²) in [7, 11) is 0. The third kappa shape index (κ3) is 4.04. The van der Waals surface area contributed by atoms with Crippen molar-refractivity contribution < 1.29 is 4.79 Å². The van der Waals surface area contributed by atoms with Gasteiger partial charge in [0.15, 0.2) is 10.9 Å². The van der Waals surface area contributed by atoms with Gasteiger partial charge in [0.1, 0.15) is 0 Å². The molecule has 4 nitrogen and oxygen atoms in total. The molecule has 2 rings (SSSR count). The molecule has 0 atom stereocenters. The minimum absolute atomic E-state index is 0.0588. The van der Waals surface area contributed by atoms with Gasteiger partial charge in [0.2, 0.25) is 0 Å². The number of aromatic nitrogens is 2. The second kappa shape index (κ2) is 6.68. The Morgan fingerprint density at radius 1 is 1.53 bits per heavy atom. The predicted octanol–water partition coefficient (Wildman–Crippen LogP) is 2.76. The second-order valence-corrected chi connectivity index (χ2v) is 5.89. The number of aryl methyl sites for hydroxylation is 1. The number of hydrogen-bond donors (Lipinski definition) is 1. The summed E-state index contributed by atoms with van der Waals surface area (Å²) < 4.78 is 0. The number of nitrogens with zero attached hydrogens (tertiary/aromatic N) is 1. The average molecular weight is 294 g/mol. The van der Waals surface area contributed by atoms with Gasteiger partial charge < -0.3 is 4.98 Å². The summed E-state index contributed by atoms with van der Waals surface area (Å²) in [4.78, 5) is 31.0. The van der Waals surface area contributed by atoms with Gasteiger partial charge in [0.25, 0.3) is 5.56 Å². The molecule has 0 fully saturated rings. The zero-order valence-electron chi connectivity index (χ0n) is 10.5. The monoisotopic (exact) mass is 294 g/mol. The lowest BCUT2D eigenvalue weighted by Crippen LogP contribution is -2.11. The summed E-state index contributed by atoms with van der Waals surface area (Å²) in [5.74, 6) is 0.350. The molecule has 0 saturated heterocycles. The van der Waals surface area contributed by atoms with E-state index in [4.69, 9.17) is 0 Å². The molecule has 0 aromatic carbocycles. The first-order chi connectivity index (χ1) is 9.19.